The molecule has 196 valence electrons. The van der Waals surface area contributed by atoms with Gasteiger partial charge in [-0.25, -0.2) is 9.18 Å². The smallest absolute Gasteiger partial charge is 0.450 e. The van der Waals surface area contributed by atoms with Crippen molar-refractivity contribution in [2.75, 3.05) is 6.61 Å². The molecule has 1 aliphatic carbocycles. The number of unbranched alkanes of at least 4 members (excludes halogenated alkanes) is 1. The summed E-state index contributed by atoms with van der Waals surface area (Å²) in [6.45, 7) is 10.7. The number of hydrogen-bond donors (Lipinski definition) is 1. The molecule has 2 aromatic rings. The Morgan fingerprint density at radius 3 is 2.56 bits per heavy atom. The first kappa shape index (κ1) is 26.7. The number of hydrogen-bond acceptors (Lipinski definition) is 5. The number of halogens is 1. The van der Waals surface area contributed by atoms with Crippen molar-refractivity contribution in [1.82, 2.24) is 9.88 Å². The molecular weight excluding hydrogens is 462 g/mol. The van der Waals surface area contributed by atoms with Gasteiger partial charge in [0.1, 0.15) is 5.82 Å². The third-order valence-corrected chi connectivity index (χ3v) is 7.74. The largest absolute Gasteiger partial charge is 0.497 e. The average molecular weight is 500 g/mol. The molecule has 1 aromatic heterocycles. The van der Waals surface area contributed by atoms with Gasteiger partial charge in [-0.1, -0.05) is 19.4 Å². The molecular formula is C27H38BFN2O5. The fourth-order valence-electron chi connectivity index (χ4n) is 4.56. The summed E-state index contributed by atoms with van der Waals surface area (Å²) >= 11 is 0. The molecule has 1 atom stereocenters. The molecule has 0 bridgehead atoms. The number of ether oxygens (including phenoxy) is 1. The van der Waals surface area contributed by atoms with Crippen molar-refractivity contribution in [3.8, 4) is 0 Å². The van der Waals surface area contributed by atoms with E-state index in [0.29, 0.717) is 35.3 Å². The molecule has 4 rings (SSSR count). The Balaban J connectivity index is 1.42. The van der Waals surface area contributed by atoms with Crippen LogP contribution in [0.4, 0.5) is 9.18 Å². The number of nitrogens with zero attached hydrogens (tertiary/aromatic N) is 1. The van der Waals surface area contributed by atoms with Gasteiger partial charge in [-0.3, -0.25) is 4.79 Å². The highest BCUT2D eigenvalue weighted by Crippen LogP contribution is 2.37. The van der Waals surface area contributed by atoms with E-state index in [1.165, 1.54) is 6.07 Å². The summed E-state index contributed by atoms with van der Waals surface area (Å²) in [6.07, 6.45) is 6.88. The number of amides is 1. The molecule has 0 spiro atoms. The van der Waals surface area contributed by atoms with Crippen molar-refractivity contribution in [2.45, 2.75) is 96.9 Å². The second-order valence-corrected chi connectivity index (χ2v) is 11.1. The van der Waals surface area contributed by atoms with Crippen molar-refractivity contribution >= 4 is 29.4 Å². The molecule has 2 fully saturated rings. The lowest BCUT2D eigenvalue weighted by Gasteiger charge is -2.32. The molecule has 9 heteroatoms. The fourth-order valence-corrected chi connectivity index (χ4v) is 4.56. The topological polar surface area (TPSA) is 78.8 Å². The van der Waals surface area contributed by atoms with Crippen LogP contribution >= 0.6 is 0 Å². The van der Waals surface area contributed by atoms with E-state index in [1.807, 2.05) is 33.8 Å². The number of rotatable bonds is 10. The van der Waals surface area contributed by atoms with Gasteiger partial charge in [-0.15, -0.1) is 0 Å². The van der Waals surface area contributed by atoms with Crippen LogP contribution in [0.3, 0.4) is 0 Å². The van der Waals surface area contributed by atoms with E-state index < -0.39 is 24.1 Å². The lowest BCUT2D eigenvalue weighted by atomic mass is 9.78. The van der Waals surface area contributed by atoms with Gasteiger partial charge in [-0.05, 0) is 83.2 Å². The van der Waals surface area contributed by atoms with E-state index in [-0.39, 0.29) is 17.7 Å². The summed E-state index contributed by atoms with van der Waals surface area (Å²) in [4.78, 5) is 25.2. The number of alkyl carbamates (subject to hydrolysis) is 1. The number of carbonyl (C=O) groups is 1. The number of carbonyl (C=O) groups excluding carboxylic acids is 1. The second-order valence-electron chi connectivity index (χ2n) is 11.1. The van der Waals surface area contributed by atoms with E-state index in [1.54, 1.807) is 16.8 Å². The highest BCUT2D eigenvalue weighted by Gasteiger charge is 2.52. The number of pyridine rings is 1. The molecule has 2 aliphatic rings. The summed E-state index contributed by atoms with van der Waals surface area (Å²) in [7, 11) is -0.831. The van der Waals surface area contributed by atoms with Crippen molar-refractivity contribution in [3.05, 3.63) is 40.6 Å². The predicted molar refractivity (Wildman–Crippen MR) is 139 cm³/mol. The highest BCUT2D eigenvalue weighted by atomic mass is 19.1. The molecule has 1 amide bonds. The van der Waals surface area contributed by atoms with E-state index in [9.17, 15) is 9.59 Å². The summed E-state index contributed by atoms with van der Waals surface area (Å²) in [5, 5.41) is 3.97. The molecule has 0 radical (unpaired) electrons. The zero-order valence-corrected chi connectivity index (χ0v) is 22.1. The third-order valence-electron chi connectivity index (χ3n) is 7.74. The molecule has 7 nitrogen and oxygen atoms in total. The predicted octanol–water partition coefficient (Wildman–Crippen LogP) is 4.52. The minimum Gasteiger partial charge on any atom is -0.450 e. The summed E-state index contributed by atoms with van der Waals surface area (Å²) in [5.41, 5.74) is -1.10. The van der Waals surface area contributed by atoms with Crippen LogP contribution in [0, 0.1) is 11.7 Å². The quantitative estimate of drug-likeness (QED) is 0.383. The van der Waals surface area contributed by atoms with Gasteiger partial charge in [0.2, 0.25) is 0 Å². The molecule has 1 aliphatic heterocycles. The zero-order valence-electron chi connectivity index (χ0n) is 22.1. The van der Waals surface area contributed by atoms with Crippen LogP contribution in [0.1, 0.15) is 73.1 Å². The van der Waals surface area contributed by atoms with Gasteiger partial charge in [-0.2, -0.15) is 0 Å². The Bertz CT molecular complexity index is 1140. The van der Waals surface area contributed by atoms with Crippen LogP contribution in [0.2, 0.25) is 0 Å². The zero-order chi connectivity index (χ0) is 26.1. The van der Waals surface area contributed by atoms with Crippen LogP contribution in [0.25, 0.3) is 10.8 Å². The van der Waals surface area contributed by atoms with E-state index >= 15 is 4.39 Å². The van der Waals surface area contributed by atoms with Gasteiger partial charge >= 0.3 is 13.2 Å². The van der Waals surface area contributed by atoms with Gasteiger partial charge in [0.25, 0.3) is 5.56 Å². The SMILES string of the molecule is CCCCOC(=O)NC(CCCn1ccc2cc(B3OC(C)(C)C(C)(C)O3)c(F)cc2c1=O)C1CC1. The van der Waals surface area contributed by atoms with Gasteiger partial charge in [0, 0.05) is 24.2 Å². The van der Waals surface area contributed by atoms with Crippen LogP contribution in [0.15, 0.2) is 29.2 Å². The Kier molecular flexibility index (Phi) is 7.81. The molecule has 1 saturated carbocycles. The monoisotopic (exact) mass is 500 g/mol. The van der Waals surface area contributed by atoms with E-state index in [2.05, 4.69) is 12.2 Å². The van der Waals surface area contributed by atoms with Crippen LogP contribution < -0.4 is 16.3 Å². The van der Waals surface area contributed by atoms with Crippen molar-refractivity contribution in [3.63, 3.8) is 0 Å². The number of benzene rings is 1. The third kappa shape index (κ3) is 5.78. The van der Waals surface area contributed by atoms with E-state index in [0.717, 1.165) is 38.5 Å². The second kappa shape index (κ2) is 10.5. The van der Waals surface area contributed by atoms with Crippen molar-refractivity contribution < 1.29 is 23.2 Å². The van der Waals surface area contributed by atoms with Gasteiger partial charge in [0.15, 0.2) is 0 Å². The minimum absolute atomic E-state index is 0.0511. The number of fused-ring (bicyclic) bond motifs is 1. The molecule has 1 saturated heterocycles. The van der Waals surface area contributed by atoms with Crippen LogP contribution in [0.5, 0.6) is 0 Å². The minimum atomic E-state index is -0.831. The summed E-state index contributed by atoms with van der Waals surface area (Å²) in [6, 6.07) is 4.81. The lowest BCUT2D eigenvalue weighted by Crippen LogP contribution is -2.41. The van der Waals surface area contributed by atoms with Crippen molar-refractivity contribution in [2.24, 2.45) is 5.92 Å². The molecule has 36 heavy (non-hydrogen) atoms. The van der Waals surface area contributed by atoms with Crippen LogP contribution in [-0.2, 0) is 20.6 Å². The first-order valence-electron chi connectivity index (χ1n) is 13.1. The molecule has 2 heterocycles. The number of nitrogens with one attached hydrogen (secondary N) is 1. The molecule has 1 aromatic carbocycles. The maximum absolute atomic E-state index is 15.1. The Hall–Kier alpha value is -2.39. The Labute approximate surface area is 212 Å². The molecule has 1 unspecified atom stereocenters. The summed E-state index contributed by atoms with van der Waals surface area (Å²) < 4.78 is 34.0. The van der Waals surface area contributed by atoms with Crippen LogP contribution in [-0.4, -0.2) is 41.6 Å². The van der Waals surface area contributed by atoms with Crippen molar-refractivity contribution in [1.29, 1.82) is 0 Å². The van der Waals surface area contributed by atoms with E-state index in [4.69, 9.17) is 14.0 Å². The normalized spacial score (nSPS) is 19.4. The first-order valence-corrected chi connectivity index (χ1v) is 13.1. The maximum atomic E-state index is 15.1. The summed E-state index contributed by atoms with van der Waals surface area (Å²) in [5.74, 6) is -0.0463. The average Bonchev–Trinajstić information content (AvgIpc) is 3.61. The fraction of sp³-hybridized carbons (Fsp3) is 0.630. The Morgan fingerprint density at radius 1 is 1.22 bits per heavy atom. The Morgan fingerprint density at radius 2 is 1.92 bits per heavy atom. The number of aromatic nitrogens is 1. The van der Waals surface area contributed by atoms with Gasteiger partial charge in [0.05, 0.1) is 23.2 Å². The maximum Gasteiger partial charge on any atom is 0.497 e. The molecule has 1 N–H and O–H groups in total. The number of aryl methyl sites for hydroxylation is 1. The standard InChI is InChI=1S/C27H38BFN2O5/c1-6-7-15-34-25(33)30-23(18-10-11-18)9-8-13-31-14-12-19-16-21(22(29)17-20(19)24(31)32)28-35-26(2,3)27(4,5)36-28/h12,14,16-18,23H,6-11,13,15H2,1-5H3,(H,30,33). The van der Waals surface area contributed by atoms with Gasteiger partial charge < -0.3 is 23.9 Å². The highest BCUT2D eigenvalue weighted by molar-refractivity contribution is 6.62. The first-order chi connectivity index (χ1) is 17.0. The lowest BCUT2D eigenvalue weighted by molar-refractivity contribution is 0.00578.